The maximum atomic E-state index is 2.31. The molecule has 0 nitrogen and oxygen atoms in total. The van der Waals surface area contributed by atoms with Gasteiger partial charge in [0.2, 0.25) is 0 Å². The Balaban J connectivity index is -0.000000209. The van der Waals surface area contributed by atoms with Crippen LogP contribution in [0.5, 0.6) is 0 Å². The molecule has 0 heteroatoms. The second kappa shape index (κ2) is 102. The molecule has 0 radical (unpaired) electrons. The van der Waals surface area contributed by atoms with Gasteiger partial charge in [-0.25, -0.2) is 0 Å². The SMILES string of the molecule is CCCCCCCCC(C)C.CCCCCCCCCCCC.CCCCCCCCCCCCC.CCCCCCCCCCCCCC.CCCCCCCCCCCCCCC.CCCCCCCCCCCCCCCC. The molecule has 0 fully saturated rings. The lowest BCUT2D eigenvalue weighted by atomic mass is 10.0. The number of hydrogen-bond acceptors (Lipinski definition) is 0. The summed E-state index contributed by atoms with van der Waals surface area (Å²) in [5.41, 5.74) is 0. The van der Waals surface area contributed by atoms with Crippen molar-refractivity contribution in [3.8, 4) is 0 Å². The molecular weight excluding hydrogens is 973 g/mol. The van der Waals surface area contributed by atoms with E-state index in [1.54, 1.807) is 0 Å². The summed E-state index contributed by atoms with van der Waals surface area (Å²) in [5.74, 6) is 0.904. The molecular formula is C81H174. The van der Waals surface area contributed by atoms with Crippen LogP contribution in [0.4, 0.5) is 0 Å². The van der Waals surface area contributed by atoms with Gasteiger partial charge in [0.05, 0.1) is 0 Å². The minimum atomic E-state index is 0.904. The molecule has 0 saturated carbocycles. The number of unbranched alkanes of at least 4 members (excludes halogenated alkanes) is 60. The molecule has 0 saturated heterocycles. The van der Waals surface area contributed by atoms with Gasteiger partial charge in [-0.1, -0.05) is 520 Å². The molecule has 0 spiro atoms. The Labute approximate surface area is 523 Å². The lowest BCUT2D eigenvalue weighted by Gasteiger charge is -2.03. The van der Waals surface area contributed by atoms with Crippen LogP contribution in [0, 0.1) is 5.92 Å². The highest BCUT2D eigenvalue weighted by molar-refractivity contribution is 4.53. The maximum Gasteiger partial charge on any atom is -0.0471 e. The lowest BCUT2D eigenvalue weighted by molar-refractivity contribution is 0.514. The van der Waals surface area contributed by atoms with Crippen molar-refractivity contribution in [1.82, 2.24) is 0 Å². The minimum absolute atomic E-state index is 0.904. The van der Waals surface area contributed by atoms with Gasteiger partial charge in [-0.05, 0) is 5.92 Å². The first kappa shape index (κ1) is 92.2. The second-order valence-electron chi connectivity index (χ2n) is 26.6. The fraction of sp³-hybridized carbons (Fsp3) is 1.00. The Morgan fingerprint density at radius 3 is 0.259 bits per heavy atom. The topological polar surface area (TPSA) is 0 Å². The van der Waals surface area contributed by atoms with Gasteiger partial charge in [-0.3, -0.25) is 0 Å². The average molecular weight is 1150 g/mol. The molecule has 81 heavy (non-hydrogen) atoms. The smallest absolute Gasteiger partial charge is 0.0471 e. The minimum Gasteiger partial charge on any atom is -0.0654 e. The van der Waals surface area contributed by atoms with Gasteiger partial charge in [0.25, 0.3) is 0 Å². The van der Waals surface area contributed by atoms with Crippen LogP contribution in [0.2, 0.25) is 0 Å². The first-order valence-electron chi connectivity index (χ1n) is 39.8. The van der Waals surface area contributed by atoms with Crippen LogP contribution in [-0.2, 0) is 0 Å². The molecule has 0 bridgehead atoms. The molecule has 0 aromatic rings. The fourth-order valence-corrected chi connectivity index (χ4v) is 10.9. The molecule has 0 aliphatic heterocycles. The largest absolute Gasteiger partial charge is 0.0654 e. The van der Waals surface area contributed by atoms with Crippen LogP contribution >= 0.6 is 0 Å². The number of hydrogen-bond donors (Lipinski definition) is 0. The van der Waals surface area contributed by atoms with Crippen LogP contribution in [0.25, 0.3) is 0 Å². The zero-order chi connectivity index (χ0) is 61.0. The summed E-state index contributed by atoms with van der Waals surface area (Å²) < 4.78 is 0. The molecule has 0 aromatic heterocycles. The summed E-state index contributed by atoms with van der Waals surface area (Å²) in [7, 11) is 0. The molecule has 0 amide bonds. The van der Waals surface area contributed by atoms with Gasteiger partial charge in [0, 0.05) is 0 Å². The van der Waals surface area contributed by atoms with Crippen molar-refractivity contribution in [3.05, 3.63) is 0 Å². The van der Waals surface area contributed by atoms with E-state index in [4.69, 9.17) is 0 Å². The predicted molar refractivity (Wildman–Crippen MR) is 387 cm³/mol. The average Bonchev–Trinajstić information content (AvgIpc) is 3.47. The van der Waals surface area contributed by atoms with E-state index in [-0.39, 0.29) is 0 Å². The van der Waals surface area contributed by atoms with E-state index < -0.39 is 0 Å². The molecule has 0 aromatic carbocycles. The van der Waals surface area contributed by atoms with Crippen molar-refractivity contribution >= 4 is 0 Å². The first-order chi connectivity index (χ1) is 39.8. The highest BCUT2D eigenvalue weighted by Crippen LogP contribution is 2.17. The van der Waals surface area contributed by atoms with Crippen molar-refractivity contribution in [2.45, 2.75) is 520 Å². The zero-order valence-electron chi connectivity index (χ0n) is 61.0. The predicted octanol–water partition coefficient (Wildman–Crippen LogP) is 32.9. The molecule has 498 valence electrons. The second-order valence-corrected chi connectivity index (χ2v) is 26.6. The molecule has 0 rings (SSSR count). The van der Waals surface area contributed by atoms with E-state index in [0.29, 0.717) is 0 Å². The Hall–Kier alpha value is 0. The monoisotopic (exact) mass is 1150 g/mol. The van der Waals surface area contributed by atoms with E-state index in [2.05, 4.69) is 90.0 Å². The number of rotatable bonds is 62. The quantitative estimate of drug-likeness (QED) is 0.0533. The molecule has 0 heterocycles. The van der Waals surface area contributed by atoms with Crippen molar-refractivity contribution in [3.63, 3.8) is 0 Å². The van der Waals surface area contributed by atoms with E-state index >= 15 is 0 Å². The third-order valence-corrected chi connectivity index (χ3v) is 16.9. The first-order valence-corrected chi connectivity index (χ1v) is 39.8. The Morgan fingerprint density at radius 1 is 0.111 bits per heavy atom. The van der Waals surface area contributed by atoms with E-state index in [9.17, 15) is 0 Å². The van der Waals surface area contributed by atoms with Gasteiger partial charge in [-0.2, -0.15) is 0 Å². The highest BCUT2D eigenvalue weighted by Gasteiger charge is 1.97. The van der Waals surface area contributed by atoms with E-state index in [1.807, 2.05) is 0 Å². The van der Waals surface area contributed by atoms with Crippen LogP contribution in [0.15, 0.2) is 0 Å². The van der Waals surface area contributed by atoms with Crippen LogP contribution in [-0.4, -0.2) is 0 Å². The molecule has 0 atom stereocenters. The molecule has 0 aliphatic rings. The Morgan fingerprint density at radius 2 is 0.185 bits per heavy atom. The van der Waals surface area contributed by atoms with Gasteiger partial charge in [-0.15, -0.1) is 0 Å². The summed E-state index contributed by atoms with van der Waals surface area (Å²) in [6, 6.07) is 0. The van der Waals surface area contributed by atoms with E-state index in [0.717, 1.165) is 5.92 Å². The van der Waals surface area contributed by atoms with Gasteiger partial charge in [0.1, 0.15) is 0 Å². The zero-order valence-corrected chi connectivity index (χ0v) is 61.0. The van der Waals surface area contributed by atoms with Gasteiger partial charge >= 0.3 is 0 Å². The normalized spacial score (nSPS) is 10.7. The molecule has 0 N–H and O–H groups in total. The van der Waals surface area contributed by atoms with Crippen molar-refractivity contribution in [2.75, 3.05) is 0 Å². The Bertz CT molecular complexity index is 798. The van der Waals surface area contributed by atoms with E-state index in [1.165, 1.54) is 430 Å². The Kier molecular flexibility index (Phi) is 116. The van der Waals surface area contributed by atoms with Gasteiger partial charge < -0.3 is 0 Å². The van der Waals surface area contributed by atoms with Crippen molar-refractivity contribution < 1.29 is 0 Å². The summed E-state index contributed by atoms with van der Waals surface area (Å²) >= 11 is 0. The highest BCUT2D eigenvalue weighted by atomic mass is 14.0. The summed E-state index contributed by atoms with van der Waals surface area (Å²) in [6.07, 6.45) is 97.2. The fourth-order valence-electron chi connectivity index (χ4n) is 10.9. The molecule has 0 aliphatic carbocycles. The van der Waals surface area contributed by atoms with Crippen molar-refractivity contribution in [1.29, 1.82) is 0 Å². The lowest BCUT2D eigenvalue weighted by Crippen LogP contribution is -1.86. The van der Waals surface area contributed by atoms with Crippen LogP contribution in [0.1, 0.15) is 520 Å². The third-order valence-electron chi connectivity index (χ3n) is 16.9. The maximum absolute atomic E-state index is 2.31. The molecule has 0 unspecified atom stereocenters. The standard InChI is InChI=1S/C16H34.C15H32.C14H30.C13H28.C12H26.C11H24/c1-3-5-7-9-11-13-15-16-14-12-10-8-6-4-2;1-3-5-7-9-11-13-15-14-12-10-8-6-4-2;1-3-5-7-9-11-13-14-12-10-8-6-4-2;1-3-5-7-9-11-13-12-10-8-6-4-2;1-3-5-7-9-11-12-10-8-6-4-2;1-4-5-6-7-8-9-10-11(2)3/h3-16H2,1-2H3;3-15H2,1-2H3;3-14H2,1-2H3;3-13H2,1-2H3;3-12H2,1-2H3;11H,4-10H2,1-3H3. The summed E-state index contributed by atoms with van der Waals surface area (Å²) in [4.78, 5) is 0. The van der Waals surface area contributed by atoms with Gasteiger partial charge in [0.15, 0.2) is 0 Å². The summed E-state index contributed by atoms with van der Waals surface area (Å²) in [6.45, 7) is 29.7. The third kappa shape index (κ3) is 123. The van der Waals surface area contributed by atoms with Crippen LogP contribution < -0.4 is 0 Å². The van der Waals surface area contributed by atoms with Crippen LogP contribution in [0.3, 0.4) is 0 Å². The van der Waals surface area contributed by atoms with Crippen molar-refractivity contribution in [2.24, 2.45) is 5.92 Å². The summed E-state index contributed by atoms with van der Waals surface area (Å²) in [5, 5.41) is 0.